The third-order valence-electron chi connectivity index (χ3n) is 4.52. The third-order valence-corrected chi connectivity index (χ3v) is 6.41. The van der Waals surface area contributed by atoms with Crippen LogP contribution in [0.3, 0.4) is 0 Å². The van der Waals surface area contributed by atoms with Crippen molar-refractivity contribution in [2.45, 2.75) is 11.8 Å². The van der Waals surface area contributed by atoms with Crippen LogP contribution in [-0.4, -0.2) is 59.8 Å². The van der Waals surface area contributed by atoms with Crippen LogP contribution in [0, 0.1) is 6.92 Å². The van der Waals surface area contributed by atoms with Gasteiger partial charge in [-0.15, -0.1) is 0 Å². The predicted octanol–water partition coefficient (Wildman–Crippen LogP) is 1.78. The second kappa shape index (κ2) is 7.21. The quantitative estimate of drug-likeness (QED) is 0.654. The second-order valence-corrected chi connectivity index (χ2v) is 8.28. The van der Waals surface area contributed by atoms with E-state index in [4.69, 9.17) is 8.94 Å². The molecule has 1 saturated heterocycles. The van der Waals surface area contributed by atoms with E-state index in [-0.39, 0.29) is 29.7 Å². The molecule has 1 aliphatic rings. The van der Waals surface area contributed by atoms with Crippen molar-refractivity contribution < 1.29 is 22.2 Å². The Balaban J connectivity index is 1.50. The molecule has 146 valence electrons. The molecule has 3 aromatic rings. The SMILES string of the molecule is Cc1nc(-c2cccc(S(=O)(=O)N3CCN(C(=O)c4ccco4)CC3)c2)no1. The van der Waals surface area contributed by atoms with Gasteiger partial charge in [-0.25, -0.2) is 8.42 Å². The Kier molecular flexibility index (Phi) is 4.73. The summed E-state index contributed by atoms with van der Waals surface area (Å²) in [6, 6.07) is 9.67. The summed E-state index contributed by atoms with van der Waals surface area (Å²) in [7, 11) is -3.70. The van der Waals surface area contributed by atoms with Crippen molar-refractivity contribution in [1.82, 2.24) is 19.3 Å². The van der Waals surface area contributed by atoms with Crippen LogP contribution in [0.1, 0.15) is 16.4 Å². The number of hydrogen-bond donors (Lipinski definition) is 0. The molecule has 0 bridgehead atoms. The Morgan fingerprint density at radius 3 is 2.54 bits per heavy atom. The Bertz CT molecular complexity index is 1080. The summed E-state index contributed by atoms with van der Waals surface area (Å²) in [5.41, 5.74) is 0.560. The molecule has 1 aliphatic heterocycles. The lowest BCUT2D eigenvalue weighted by molar-refractivity contribution is 0.0666. The topological polar surface area (TPSA) is 110 Å². The molecule has 10 heteroatoms. The second-order valence-electron chi connectivity index (χ2n) is 6.34. The van der Waals surface area contributed by atoms with Crippen molar-refractivity contribution in [2.24, 2.45) is 0 Å². The standard InChI is InChI=1S/C18H18N4O5S/c1-13-19-17(20-27-13)14-4-2-5-15(12-14)28(24,25)22-9-7-21(8-10-22)18(23)16-6-3-11-26-16/h2-6,11-12H,7-10H2,1H3. The molecule has 28 heavy (non-hydrogen) atoms. The van der Waals surface area contributed by atoms with Gasteiger partial charge < -0.3 is 13.8 Å². The van der Waals surface area contributed by atoms with Crippen LogP contribution < -0.4 is 0 Å². The molecule has 3 heterocycles. The average molecular weight is 402 g/mol. The molecule has 4 rings (SSSR count). The van der Waals surface area contributed by atoms with Gasteiger partial charge in [-0.1, -0.05) is 17.3 Å². The molecule has 2 aromatic heterocycles. The smallest absolute Gasteiger partial charge is 0.289 e. The van der Waals surface area contributed by atoms with E-state index < -0.39 is 10.0 Å². The highest BCUT2D eigenvalue weighted by molar-refractivity contribution is 7.89. The van der Waals surface area contributed by atoms with Crippen molar-refractivity contribution in [3.63, 3.8) is 0 Å². The number of sulfonamides is 1. The number of aromatic nitrogens is 2. The van der Waals surface area contributed by atoms with E-state index in [0.717, 1.165) is 0 Å². The van der Waals surface area contributed by atoms with E-state index >= 15 is 0 Å². The molecule has 0 N–H and O–H groups in total. The fraction of sp³-hybridized carbons (Fsp3) is 0.278. The molecular formula is C18H18N4O5S. The van der Waals surface area contributed by atoms with Crippen LogP contribution in [0.2, 0.25) is 0 Å². The van der Waals surface area contributed by atoms with Gasteiger partial charge in [-0.2, -0.15) is 9.29 Å². The predicted molar refractivity (Wildman–Crippen MR) is 97.8 cm³/mol. The van der Waals surface area contributed by atoms with Gasteiger partial charge in [0.25, 0.3) is 5.91 Å². The number of amides is 1. The monoisotopic (exact) mass is 402 g/mol. The lowest BCUT2D eigenvalue weighted by atomic mass is 10.2. The Labute approximate surface area is 161 Å². The van der Waals surface area contributed by atoms with E-state index in [1.165, 1.54) is 22.7 Å². The van der Waals surface area contributed by atoms with Gasteiger partial charge >= 0.3 is 0 Å². The van der Waals surface area contributed by atoms with Crippen molar-refractivity contribution >= 4 is 15.9 Å². The number of nitrogens with zero attached hydrogens (tertiary/aromatic N) is 4. The largest absolute Gasteiger partial charge is 0.459 e. The number of furan rings is 1. The van der Waals surface area contributed by atoms with E-state index in [1.54, 1.807) is 36.1 Å². The summed E-state index contributed by atoms with van der Waals surface area (Å²) in [6.45, 7) is 2.67. The molecule has 1 aromatic carbocycles. The van der Waals surface area contributed by atoms with Gasteiger partial charge in [0.2, 0.25) is 21.7 Å². The molecular weight excluding hydrogens is 384 g/mol. The molecule has 9 nitrogen and oxygen atoms in total. The molecule has 0 aliphatic carbocycles. The highest BCUT2D eigenvalue weighted by Gasteiger charge is 2.31. The van der Waals surface area contributed by atoms with Crippen LogP contribution >= 0.6 is 0 Å². The number of aryl methyl sites for hydroxylation is 1. The van der Waals surface area contributed by atoms with Crippen LogP contribution in [-0.2, 0) is 10.0 Å². The van der Waals surface area contributed by atoms with E-state index in [2.05, 4.69) is 10.1 Å². The van der Waals surface area contributed by atoms with E-state index in [0.29, 0.717) is 30.4 Å². The number of piperazine rings is 1. The van der Waals surface area contributed by atoms with Crippen LogP contribution in [0.4, 0.5) is 0 Å². The van der Waals surface area contributed by atoms with Crippen molar-refractivity contribution in [3.05, 3.63) is 54.3 Å². The minimum Gasteiger partial charge on any atom is -0.459 e. The van der Waals surface area contributed by atoms with Crippen LogP contribution in [0.5, 0.6) is 0 Å². The Morgan fingerprint density at radius 2 is 1.89 bits per heavy atom. The lowest BCUT2D eigenvalue weighted by Gasteiger charge is -2.33. The van der Waals surface area contributed by atoms with Gasteiger partial charge in [-0.3, -0.25) is 4.79 Å². The summed E-state index contributed by atoms with van der Waals surface area (Å²) in [5.74, 6) is 0.750. The van der Waals surface area contributed by atoms with Gasteiger partial charge in [0.1, 0.15) is 0 Å². The normalized spacial score (nSPS) is 15.7. The van der Waals surface area contributed by atoms with Crippen LogP contribution in [0.15, 0.2) is 56.5 Å². The molecule has 0 spiro atoms. The van der Waals surface area contributed by atoms with Gasteiger partial charge in [0.15, 0.2) is 5.76 Å². The molecule has 1 amide bonds. The van der Waals surface area contributed by atoms with E-state index in [9.17, 15) is 13.2 Å². The summed E-state index contributed by atoms with van der Waals surface area (Å²) in [4.78, 5) is 18.2. The average Bonchev–Trinajstić information content (AvgIpc) is 3.39. The van der Waals surface area contributed by atoms with E-state index in [1.807, 2.05) is 0 Å². The number of benzene rings is 1. The Morgan fingerprint density at radius 1 is 1.11 bits per heavy atom. The first kappa shape index (κ1) is 18.4. The van der Waals surface area contributed by atoms with Crippen molar-refractivity contribution in [2.75, 3.05) is 26.2 Å². The minimum atomic E-state index is -3.70. The summed E-state index contributed by atoms with van der Waals surface area (Å²) in [5, 5.41) is 3.83. The maximum absolute atomic E-state index is 13.0. The third kappa shape index (κ3) is 3.43. The van der Waals surface area contributed by atoms with Crippen molar-refractivity contribution in [1.29, 1.82) is 0 Å². The first-order chi connectivity index (χ1) is 13.4. The summed E-state index contributed by atoms with van der Waals surface area (Å²) in [6.07, 6.45) is 1.44. The first-order valence-electron chi connectivity index (χ1n) is 8.69. The molecule has 0 unspecified atom stereocenters. The lowest BCUT2D eigenvalue weighted by Crippen LogP contribution is -2.50. The molecule has 1 fully saturated rings. The van der Waals surface area contributed by atoms with Gasteiger partial charge in [0.05, 0.1) is 11.2 Å². The highest BCUT2D eigenvalue weighted by Crippen LogP contribution is 2.23. The zero-order valence-corrected chi connectivity index (χ0v) is 15.9. The summed E-state index contributed by atoms with van der Waals surface area (Å²) < 4.78 is 37.5. The fourth-order valence-electron chi connectivity index (χ4n) is 3.05. The number of carbonyl (C=O) groups excluding carboxylic acids is 1. The summed E-state index contributed by atoms with van der Waals surface area (Å²) >= 11 is 0. The fourth-order valence-corrected chi connectivity index (χ4v) is 4.52. The van der Waals surface area contributed by atoms with Crippen LogP contribution in [0.25, 0.3) is 11.4 Å². The maximum atomic E-state index is 13.0. The van der Waals surface area contributed by atoms with Gasteiger partial charge in [-0.05, 0) is 24.3 Å². The number of carbonyl (C=O) groups is 1. The highest BCUT2D eigenvalue weighted by atomic mass is 32.2. The van der Waals surface area contributed by atoms with Gasteiger partial charge in [0, 0.05) is 38.7 Å². The first-order valence-corrected chi connectivity index (χ1v) is 10.1. The number of rotatable bonds is 4. The molecule has 0 saturated carbocycles. The Hall–Kier alpha value is -2.98. The molecule has 0 atom stereocenters. The zero-order valence-electron chi connectivity index (χ0n) is 15.1. The zero-order chi connectivity index (χ0) is 19.7. The number of hydrogen-bond acceptors (Lipinski definition) is 7. The van der Waals surface area contributed by atoms with Crippen molar-refractivity contribution in [3.8, 4) is 11.4 Å². The minimum absolute atomic E-state index is 0.151. The molecule has 0 radical (unpaired) electrons. The maximum Gasteiger partial charge on any atom is 0.289 e.